The van der Waals surface area contributed by atoms with Crippen molar-refractivity contribution in [1.82, 2.24) is 34.8 Å². The van der Waals surface area contributed by atoms with E-state index in [4.69, 9.17) is 0 Å². The second-order valence-electron chi connectivity index (χ2n) is 9.29. The summed E-state index contributed by atoms with van der Waals surface area (Å²) in [5.41, 5.74) is 1.17. The molecule has 2 aromatic heterocycles. The third kappa shape index (κ3) is 6.73. The highest BCUT2D eigenvalue weighted by Gasteiger charge is 2.43. The number of rotatable bonds is 12. The van der Waals surface area contributed by atoms with Crippen LogP contribution in [-0.4, -0.2) is 87.3 Å². The van der Waals surface area contributed by atoms with Crippen molar-refractivity contribution in [3.8, 4) is 0 Å². The smallest absolute Gasteiger partial charge is 0.291 e. The predicted molar refractivity (Wildman–Crippen MR) is 129 cm³/mol. The van der Waals surface area contributed by atoms with E-state index in [0.29, 0.717) is 31.4 Å². The molecule has 1 aromatic carbocycles. The summed E-state index contributed by atoms with van der Waals surface area (Å²) in [6.07, 6.45) is 2.76. The Kier molecular flexibility index (Phi) is 7.91. The fraction of sp³-hybridized carbons (Fsp3) is 0.458. The number of nitrogens with zero attached hydrogens (tertiary/aromatic N) is 7. The summed E-state index contributed by atoms with van der Waals surface area (Å²) in [6.45, 7) is 0.479. The molecule has 3 aromatic rings. The molecule has 198 valence electrons. The number of hydrogen-bond donors (Lipinski definition) is 1. The normalized spacial score (nSPS) is 15.7. The van der Waals surface area contributed by atoms with Gasteiger partial charge in [0.05, 0.1) is 31.4 Å². The van der Waals surface area contributed by atoms with Gasteiger partial charge >= 0.3 is 0 Å². The Morgan fingerprint density at radius 2 is 1.97 bits per heavy atom. The molecule has 37 heavy (non-hydrogen) atoms. The van der Waals surface area contributed by atoms with E-state index >= 15 is 0 Å². The largest absolute Gasteiger partial charge is 0.363 e. The lowest BCUT2D eigenvalue weighted by Crippen LogP contribution is -2.56. The van der Waals surface area contributed by atoms with Crippen molar-refractivity contribution in [3.63, 3.8) is 0 Å². The van der Waals surface area contributed by atoms with Crippen molar-refractivity contribution < 1.29 is 22.8 Å². The van der Waals surface area contributed by atoms with Crippen molar-refractivity contribution in [1.29, 1.82) is 0 Å². The van der Waals surface area contributed by atoms with Gasteiger partial charge in [-0.05, 0) is 12.5 Å². The van der Waals surface area contributed by atoms with Gasteiger partial charge < -0.3 is 15.0 Å². The molecule has 0 spiro atoms. The number of likely N-dealkylation sites (tertiary alicyclic amines) is 1. The molecule has 1 aliphatic heterocycles. The minimum Gasteiger partial charge on any atom is -0.363 e. The molecule has 1 aliphatic rings. The predicted octanol–water partition coefficient (Wildman–Crippen LogP) is 1.61. The number of alkyl halides is 2. The Hall–Kier alpha value is -3.74. The quantitative estimate of drug-likeness (QED) is 0.364. The molecule has 1 unspecified atom stereocenters. The number of nitrogens with one attached hydrogen (secondary N) is 1. The van der Waals surface area contributed by atoms with Gasteiger partial charge in [-0.25, -0.2) is 27.5 Å². The molecule has 13 heteroatoms. The third-order valence-electron chi connectivity index (χ3n) is 6.02. The van der Waals surface area contributed by atoms with Crippen LogP contribution >= 0.6 is 0 Å². The van der Waals surface area contributed by atoms with E-state index in [1.807, 2.05) is 25.1 Å². The van der Waals surface area contributed by atoms with E-state index in [1.165, 1.54) is 17.1 Å². The first-order valence-electron chi connectivity index (χ1n) is 11.9. The Bertz CT molecular complexity index is 1230. The second kappa shape index (κ2) is 11.1. The van der Waals surface area contributed by atoms with Crippen LogP contribution in [0.3, 0.4) is 0 Å². The number of amides is 1. The average molecular weight is 519 g/mol. The number of aldehydes is 1. The zero-order chi connectivity index (χ0) is 26.6. The molecule has 10 nitrogen and oxygen atoms in total. The highest BCUT2D eigenvalue weighted by molar-refractivity contribution is 5.92. The molecular formula is C24H29F3N8O2. The maximum atomic E-state index is 13.9. The minimum absolute atomic E-state index is 0.110. The van der Waals surface area contributed by atoms with Crippen LogP contribution in [0.4, 0.5) is 19.0 Å². The van der Waals surface area contributed by atoms with Crippen LogP contribution in [0.5, 0.6) is 0 Å². The van der Waals surface area contributed by atoms with Crippen LogP contribution in [0.25, 0.3) is 0 Å². The molecule has 3 heterocycles. The molecule has 0 radical (unpaired) electrons. The summed E-state index contributed by atoms with van der Waals surface area (Å²) in [5.74, 6) is -2.94. The van der Waals surface area contributed by atoms with E-state index in [2.05, 4.69) is 20.5 Å². The molecule has 1 atom stereocenters. The highest BCUT2D eigenvalue weighted by atomic mass is 19.3. The van der Waals surface area contributed by atoms with E-state index in [9.17, 15) is 22.8 Å². The van der Waals surface area contributed by atoms with Gasteiger partial charge in [-0.15, -0.1) is 5.10 Å². The lowest BCUT2D eigenvalue weighted by molar-refractivity contribution is -0.129. The number of anilines is 1. The van der Waals surface area contributed by atoms with Crippen LogP contribution in [-0.2, 0) is 24.3 Å². The van der Waals surface area contributed by atoms with Gasteiger partial charge in [-0.2, -0.15) is 5.10 Å². The van der Waals surface area contributed by atoms with Gasteiger partial charge in [0.1, 0.15) is 24.2 Å². The minimum atomic E-state index is -2.60. The van der Waals surface area contributed by atoms with Crippen LogP contribution in [0, 0.1) is 5.82 Å². The van der Waals surface area contributed by atoms with Gasteiger partial charge in [0.2, 0.25) is 5.82 Å². The number of hydrogen-bond acceptors (Lipinski definition) is 7. The first kappa shape index (κ1) is 26.3. The van der Waals surface area contributed by atoms with Crippen molar-refractivity contribution in [3.05, 3.63) is 59.6 Å². The van der Waals surface area contributed by atoms with Gasteiger partial charge in [0.25, 0.3) is 11.8 Å². The molecule has 0 aliphatic carbocycles. The molecular weight excluding hydrogens is 489 g/mol. The maximum absolute atomic E-state index is 13.9. The zero-order valence-electron chi connectivity index (χ0n) is 20.6. The van der Waals surface area contributed by atoms with Gasteiger partial charge in [0, 0.05) is 45.2 Å². The maximum Gasteiger partial charge on any atom is 0.291 e. The number of benzene rings is 1. The second-order valence-corrected chi connectivity index (χ2v) is 9.29. The lowest BCUT2D eigenvalue weighted by atomic mass is 10.1. The summed E-state index contributed by atoms with van der Waals surface area (Å²) >= 11 is 0. The van der Waals surface area contributed by atoms with Crippen molar-refractivity contribution in [2.45, 2.75) is 37.9 Å². The van der Waals surface area contributed by atoms with Crippen molar-refractivity contribution in [2.75, 3.05) is 38.6 Å². The first-order valence-corrected chi connectivity index (χ1v) is 11.9. The van der Waals surface area contributed by atoms with Crippen molar-refractivity contribution >= 4 is 18.0 Å². The van der Waals surface area contributed by atoms with Crippen molar-refractivity contribution in [2.24, 2.45) is 0 Å². The average Bonchev–Trinajstić information content (AvgIpc) is 3.47. The molecule has 1 fully saturated rings. The lowest BCUT2D eigenvalue weighted by Gasteiger charge is -2.38. The molecule has 1 N–H and O–H groups in total. The number of aryl methyl sites for hydroxylation is 1. The molecule has 4 rings (SSSR count). The van der Waals surface area contributed by atoms with Gasteiger partial charge in [-0.3, -0.25) is 9.69 Å². The summed E-state index contributed by atoms with van der Waals surface area (Å²) in [7, 11) is 3.71. The topological polar surface area (TPSA) is 101 Å². The fourth-order valence-electron chi connectivity index (χ4n) is 4.09. The molecule has 1 saturated heterocycles. The summed E-state index contributed by atoms with van der Waals surface area (Å²) < 4.78 is 43.0. The molecule has 0 saturated carbocycles. The fourth-order valence-corrected chi connectivity index (χ4v) is 4.09. The monoisotopic (exact) mass is 518 g/mol. The van der Waals surface area contributed by atoms with E-state index in [1.54, 1.807) is 27.8 Å². The standard InChI is InChI=1S/C24H29F3N8O2/c1-32(2)21-11-18(7-9-33-14-24(26,27)15-33)30-35(21)10-8-19(13-36)29-23(37)22-28-16-34(31-22)12-17-5-3-4-6-20(17)25/h3-6,11,13,16,19H,7-10,12,14-15H2,1-2H3,(H,29,37). The van der Waals surface area contributed by atoms with Crippen LogP contribution < -0.4 is 10.2 Å². The van der Waals surface area contributed by atoms with Crippen LogP contribution in [0.1, 0.15) is 28.3 Å². The number of carbonyl (C=O) groups is 2. The van der Waals surface area contributed by atoms with Gasteiger partial charge in [0.15, 0.2) is 0 Å². The van der Waals surface area contributed by atoms with Crippen LogP contribution in [0.2, 0.25) is 0 Å². The SMILES string of the molecule is CN(C)c1cc(CCN2CC(F)(F)C2)nn1CCC(C=O)NC(=O)c1ncn(Cc2ccccc2F)n1. The highest BCUT2D eigenvalue weighted by Crippen LogP contribution is 2.26. The van der Waals surface area contributed by atoms with E-state index in [-0.39, 0.29) is 37.7 Å². The summed E-state index contributed by atoms with van der Waals surface area (Å²) in [6, 6.07) is 7.32. The summed E-state index contributed by atoms with van der Waals surface area (Å²) in [4.78, 5) is 31.8. The Morgan fingerprint density at radius 3 is 2.65 bits per heavy atom. The van der Waals surface area contributed by atoms with E-state index in [0.717, 1.165) is 11.5 Å². The van der Waals surface area contributed by atoms with Crippen LogP contribution in [0.15, 0.2) is 36.7 Å². The number of aromatic nitrogens is 5. The first-order chi connectivity index (χ1) is 17.6. The zero-order valence-corrected chi connectivity index (χ0v) is 20.6. The Labute approximate surface area is 212 Å². The Morgan fingerprint density at radius 1 is 1.22 bits per heavy atom. The van der Waals surface area contributed by atoms with Gasteiger partial charge in [-0.1, -0.05) is 18.2 Å². The number of halogens is 3. The third-order valence-corrected chi connectivity index (χ3v) is 6.02. The molecule has 0 bridgehead atoms. The number of carbonyl (C=O) groups excluding carboxylic acids is 2. The van der Waals surface area contributed by atoms with E-state index < -0.39 is 17.9 Å². The molecule has 1 amide bonds. The Balaban J connectivity index is 1.31. The summed E-state index contributed by atoms with van der Waals surface area (Å²) in [5, 5.41) is 11.3.